The van der Waals surface area contributed by atoms with Gasteiger partial charge in [0.05, 0.1) is 6.61 Å². The molecule has 0 amide bonds. The highest BCUT2D eigenvalue weighted by Gasteiger charge is 2.66. The number of carbonyl (C=O) groups is 1. The van der Waals surface area contributed by atoms with E-state index in [0.29, 0.717) is 6.61 Å². The van der Waals surface area contributed by atoms with Crippen LogP contribution in [0.4, 0.5) is 0 Å². The van der Waals surface area contributed by atoms with Gasteiger partial charge in [0.1, 0.15) is 30.5 Å². The molecule has 0 saturated carbocycles. The third-order valence-corrected chi connectivity index (χ3v) is 4.78. The standard InChI is InChI=1S/C19H30O8/c1-11(2)7-8-19(23-10-13(20)21)14(12-9-22-17(3,4)25-12)24-16-15(19)26-18(5,6)27-16/h7-8,11-12,14-16H,9-10H2,1-6H3,(H,20,21)/b8-7+/t12-,14?,15-,16+,19+/m0/s1. The zero-order valence-corrected chi connectivity index (χ0v) is 16.8. The molecule has 154 valence electrons. The Morgan fingerprint density at radius 2 is 1.85 bits per heavy atom. The van der Waals surface area contributed by atoms with Crippen LogP contribution in [0.15, 0.2) is 12.2 Å². The number of hydrogen-bond donors (Lipinski definition) is 1. The first-order chi connectivity index (χ1) is 12.4. The van der Waals surface area contributed by atoms with Crippen LogP contribution in [0, 0.1) is 5.92 Å². The fraction of sp³-hybridized carbons (Fsp3) is 0.842. The lowest BCUT2D eigenvalue weighted by Gasteiger charge is -2.37. The Hall–Kier alpha value is -1.03. The van der Waals surface area contributed by atoms with E-state index < -0.39 is 54.4 Å². The number of carboxylic acid groups (broad SMARTS) is 1. The minimum Gasteiger partial charge on any atom is -0.480 e. The van der Waals surface area contributed by atoms with E-state index in [9.17, 15) is 9.90 Å². The molecule has 5 atom stereocenters. The summed E-state index contributed by atoms with van der Waals surface area (Å²) in [6.07, 6.45) is 1.39. The molecule has 0 radical (unpaired) electrons. The van der Waals surface area contributed by atoms with Gasteiger partial charge in [0.2, 0.25) is 0 Å². The van der Waals surface area contributed by atoms with Crippen LogP contribution in [0.25, 0.3) is 0 Å². The summed E-state index contributed by atoms with van der Waals surface area (Å²) in [5, 5.41) is 9.23. The number of carboxylic acids is 1. The summed E-state index contributed by atoms with van der Waals surface area (Å²) >= 11 is 0. The van der Waals surface area contributed by atoms with E-state index in [2.05, 4.69) is 0 Å². The van der Waals surface area contributed by atoms with Crippen molar-refractivity contribution in [3.63, 3.8) is 0 Å². The van der Waals surface area contributed by atoms with Gasteiger partial charge in [0.25, 0.3) is 0 Å². The van der Waals surface area contributed by atoms with Gasteiger partial charge in [-0.2, -0.15) is 0 Å². The minimum atomic E-state index is -1.17. The van der Waals surface area contributed by atoms with Crippen molar-refractivity contribution >= 4 is 5.97 Å². The van der Waals surface area contributed by atoms with Crippen LogP contribution in [0.2, 0.25) is 0 Å². The van der Waals surface area contributed by atoms with Crippen LogP contribution in [-0.4, -0.2) is 66.1 Å². The molecule has 0 bridgehead atoms. The molecule has 1 unspecified atom stereocenters. The predicted molar refractivity (Wildman–Crippen MR) is 93.9 cm³/mol. The molecule has 3 aliphatic heterocycles. The van der Waals surface area contributed by atoms with Crippen molar-refractivity contribution in [1.29, 1.82) is 0 Å². The van der Waals surface area contributed by atoms with Crippen LogP contribution in [-0.2, 0) is 33.2 Å². The molecule has 8 heteroatoms. The Bertz CT molecular complexity index is 599. The maximum atomic E-state index is 11.3. The second-order valence-electron chi connectivity index (χ2n) is 8.49. The fourth-order valence-corrected chi connectivity index (χ4v) is 3.72. The third kappa shape index (κ3) is 4.21. The van der Waals surface area contributed by atoms with Crippen molar-refractivity contribution in [2.75, 3.05) is 13.2 Å². The molecule has 3 saturated heterocycles. The molecule has 27 heavy (non-hydrogen) atoms. The molecular formula is C19H30O8. The van der Waals surface area contributed by atoms with Gasteiger partial charge < -0.3 is 33.5 Å². The van der Waals surface area contributed by atoms with Crippen LogP contribution in [0.3, 0.4) is 0 Å². The zero-order valence-electron chi connectivity index (χ0n) is 16.8. The monoisotopic (exact) mass is 386 g/mol. The van der Waals surface area contributed by atoms with Crippen LogP contribution < -0.4 is 0 Å². The second-order valence-corrected chi connectivity index (χ2v) is 8.49. The van der Waals surface area contributed by atoms with Gasteiger partial charge in [-0.3, -0.25) is 0 Å². The maximum absolute atomic E-state index is 11.3. The molecular weight excluding hydrogens is 356 g/mol. The molecule has 8 nitrogen and oxygen atoms in total. The van der Waals surface area contributed by atoms with Gasteiger partial charge in [-0.1, -0.05) is 26.0 Å². The Morgan fingerprint density at radius 3 is 2.41 bits per heavy atom. The van der Waals surface area contributed by atoms with Crippen LogP contribution in [0.1, 0.15) is 41.5 Å². The predicted octanol–water partition coefficient (Wildman–Crippen LogP) is 2.07. The maximum Gasteiger partial charge on any atom is 0.329 e. The van der Waals surface area contributed by atoms with Crippen molar-refractivity contribution in [3.05, 3.63) is 12.2 Å². The Balaban J connectivity index is 1.98. The Labute approximate surface area is 159 Å². The van der Waals surface area contributed by atoms with Gasteiger partial charge in [-0.05, 0) is 33.6 Å². The summed E-state index contributed by atoms with van der Waals surface area (Å²) in [5.41, 5.74) is -1.17. The normalized spacial score (nSPS) is 40.1. The molecule has 0 aromatic carbocycles. The van der Waals surface area contributed by atoms with Gasteiger partial charge >= 0.3 is 5.97 Å². The number of ether oxygens (including phenoxy) is 6. The minimum absolute atomic E-state index is 0.225. The van der Waals surface area contributed by atoms with E-state index in [4.69, 9.17) is 28.4 Å². The molecule has 0 aromatic heterocycles. The summed E-state index contributed by atoms with van der Waals surface area (Å²) in [5.74, 6) is -2.47. The average molecular weight is 386 g/mol. The van der Waals surface area contributed by atoms with E-state index in [1.165, 1.54) is 0 Å². The molecule has 3 rings (SSSR count). The van der Waals surface area contributed by atoms with Crippen molar-refractivity contribution < 1.29 is 38.3 Å². The molecule has 3 heterocycles. The number of aliphatic carboxylic acids is 1. The SMILES string of the molecule is CC(C)/C=C/[C@@]1(OCC(=O)O)C([C@@H]2COC(C)(C)O2)O[C@@H]2OC(C)(C)O[C@@H]21. The smallest absolute Gasteiger partial charge is 0.329 e. The number of hydrogen-bond acceptors (Lipinski definition) is 7. The van der Waals surface area contributed by atoms with Crippen LogP contribution >= 0.6 is 0 Å². The Kier molecular flexibility index (Phi) is 5.44. The summed E-state index contributed by atoms with van der Waals surface area (Å²) in [7, 11) is 0. The average Bonchev–Trinajstić information content (AvgIpc) is 3.12. The Morgan fingerprint density at radius 1 is 1.15 bits per heavy atom. The lowest BCUT2D eigenvalue weighted by Crippen LogP contribution is -2.55. The number of fused-ring (bicyclic) bond motifs is 1. The molecule has 1 N–H and O–H groups in total. The number of rotatable bonds is 6. The second kappa shape index (κ2) is 7.09. The summed E-state index contributed by atoms with van der Waals surface area (Å²) in [6, 6.07) is 0. The topological polar surface area (TPSA) is 92.7 Å². The summed E-state index contributed by atoms with van der Waals surface area (Å²) in [6.45, 7) is 11.1. The molecule has 3 fully saturated rings. The number of allylic oxidation sites excluding steroid dienone is 1. The van der Waals surface area contributed by atoms with Crippen LogP contribution in [0.5, 0.6) is 0 Å². The first-order valence-electron chi connectivity index (χ1n) is 9.32. The molecule has 3 aliphatic rings. The van der Waals surface area contributed by atoms with E-state index in [-0.39, 0.29) is 5.92 Å². The lowest BCUT2D eigenvalue weighted by atomic mass is 9.87. The van der Waals surface area contributed by atoms with Crippen molar-refractivity contribution in [1.82, 2.24) is 0 Å². The molecule has 0 spiro atoms. The van der Waals surface area contributed by atoms with Crippen molar-refractivity contribution in [3.8, 4) is 0 Å². The van der Waals surface area contributed by atoms with Gasteiger partial charge in [0, 0.05) is 0 Å². The lowest BCUT2D eigenvalue weighted by molar-refractivity contribution is -0.247. The van der Waals surface area contributed by atoms with E-state index in [1.54, 1.807) is 13.8 Å². The fourth-order valence-electron chi connectivity index (χ4n) is 3.72. The van der Waals surface area contributed by atoms with E-state index in [0.717, 1.165) is 0 Å². The van der Waals surface area contributed by atoms with E-state index in [1.807, 2.05) is 39.8 Å². The van der Waals surface area contributed by atoms with Crippen molar-refractivity contribution in [2.24, 2.45) is 5.92 Å². The first kappa shape index (κ1) is 20.7. The largest absolute Gasteiger partial charge is 0.480 e. The van der Waals surface area contributed by atoms with Gasteiger partial charge in [-0.15, -0.1) is 0 Å². The van der Waals surface area contributed by atoms with Gasteiger partial charge in [0.15, 0.2) is 17.9 Å². The summed E-state index contributed by atoms with van der Waals surface area (Å²) < 4.78 is 35.8. The molecule has 0 aromatic rings. The van der Waals surface area contributed by atoms with E-state index >= 15 is 0 Å². The first-order valence-corrected chi connectivity index (χ1v) is 9.32. The van der Waals surface area contributed by atoms with Gasteiger partial charge in [-0.25, -0.2) is 4.79 Å². The van der Waals surface area contributed by atoms with Crippen molar-refractivity contribution in [2.45, 2.75) is 83.3 Å². The highest BCUT2D eigenvalue weighted by Crippen LogP contribution is 2.48. The third-order valence-electron chi connectivity index (χ3n) is 4.78. The zero-order chi connectivity index (χ0) is 20.0. The quantitative estimate of drug-likeness (QED) is 0.694. The highest BCUT2D eigenvalue weighted by atomic mass is 16.9. The molecule has 0 aliphatic carbocycles. The highest BCUT2D eigenvalue weighted by molar-refractivity contribution is 5.68. The summed E-state index contributed by atoms with van der Waals surface area (Å²) in [4.78, 5) is 11.3.